The highest BCUT2D eigenvalue weighted by molar-refractivity contribution is 6.31. The molecule has 0 saturated heterocycles. The lowest BCUT2D eigenvalue weighted by Gasteiger charge is -2.20. The minimum atomic E-state index is -0.230. The zero-order valence-electron chi connectivity index (χ0n) is 11.7. The van der Waals surface area contributed by atoms with Crippen LogP contribution in [0.2, 0.25) is 5.02 Å². The van der Waals surface area contributed by atoms with Crippen LogP contribution >= 0.6 is 11.6 Å². The Morgan fingerprint density at radius 1 is 1.37 bits per heavy atom. The zero-order valence-corrected chi connectivity index (χ0v) is 12.5. The van der Waals surface area contributed by atoms with Gasteiger partial charge in [-0.25, -0.2) is 0 Å². The van der Waals surface area contributed by atoms with E-state index in [4.69, 9.17) is 21.1 Å². The molecular formula is C14H20ClNO3. The van der Waals surface area contributed by atoms with Crippen molar-refractivity contribution in [1.29, 1.82) is 0 Å². The van der Waals surface area contributed by atoms with Gasteiger partial charge in [0.1, 0.15) is 5.75 Å². The second-order valence-corrected chi connectivity index (χ2v) is 4.81. The minimum absolute atomic E-state index is 0.0200. The van der Waals surface area contributed by atoms with Crippen LogP contribution in [0.4, 0.5) is 0 Å². The first-order valence-corrected chi connectivity index (χ1v) is 6.51. The molecule has 2 unspecified atom stereocenters. The Bertz CT molecular complexity index is 437. The van der Waals surface area contributed by atoms with Crippen molar-refractivity contribution in [3.63, 3.8) is 0 Å². The Morgan fingerprint density at radius 3 is 2.63 bits per heavy atom. The Morgan fingerprint density at radius 2 is 2.05 bits per heavy atom. The van der Waals surface area contributed by atoms with E-state index in [0.29, 0.717) is 11.6 Å². The van der Waals surface area contributed by atoms with Gasteiger partial charge in [-0.3, -0.25) is 4.79 Å². The number of hydrogen-bond donors (Lipinski definition) is 1. The molecule has 4 nitrogen and oxygen atoms in total. The third-order valence-electron chi connectivity index (χ3n) is 3.22. The number of nitrogens with one attached hydrogen (secondary N) is 1. The quantitative estimate of drug-likeness (QED) is 0.816. The molecule has 106 valence electrons. The van der Waals surface area contributed by atoms with Crippen LogP contribution in [-0.4, -0.2) is 26.2 Å². The highest BCUT2D eigenvalue weighted by atomic mass is 35.5. The first kappa shape index (κ1) is 15.8. The van der Waals surface area contributed by atoms with E-state index in [1.54, 1.807) is 7.11 Å². The average molecular weight is 286 g/mol. The summed E-state index contributed by atoms with van der Waals surface area (Å²) in [5, 5.41) is 3.91. The van der Waals surface area contributed by atoms with Crippen LogP contribution in [0, 0.1) is 5.92 Å². The molecule has 0 heterocycles. The summed E-state index contributed by atoms with van der Waals surface area (Å²) >= 11 is 6.15. The molecule has 1 rings (SSSR count). The summed E-state index contributed by atoms with van der Waals surface area (Å²) < 4.78 is 10.00. The van der Waals surface area contributed by atoms with Crippen molar-refractivity contribution < 1.29 is 14.3 Å². The van der Waals surface area contributed by atoms with Gasteiger partial charge < -0.3 is 14.8 Å². The second-order valence-electron chi connectivity index (χ2n) is 4.40. The van der Waals surface area contributed by atoms with Crippen molar-refractivity contribution >= 4 is 17.6 Å². The van der Waals surface area contributed by atoms with Gasteiger partial charge >= 0.3 is 5.97 Å². The number of methoxy groups -OCH3 is 2. The molecule has 0 saturated carbocycles. The van der Waals surface area contributed by atoms with Gasteiger partial charge in [0.05, 0.1) is 20.1 Å². The molecular weight excluding hydrogens is 266 g/mol. The van der Waals surface area contributed by atoms with E-state index >= 15 is 0 Å². The molecule has 0 radical (unpaired) electrons. The monoisotopic (exact) mass is 285 g/mol. The van der Waals surface area contributed by atoms with Crippen LogP contribution in [0.1, 0.15) is 19.4 Å². The number of hydrogen-bond acceptors (Lipinski definition) is 4. The van der Waals surface area contributed by atoms with Gasteiger partial charge in [-0.05, 0) is 19.1 Å². The van der Waals surface area contributed by atoms with E-state index in [1.807, 2.05) is 32.0 Å². The van der Waals surface area contributed by atoms with Crippen LogP contribution in [0.15, 0.2) is 18.2 Å². The fraction of sp³-hybridized carbons (Fsp3) is 0.500. The molecule has 0 aliphatic carbocycles. The van der Waals surface area contributed by atoms with E-state index in [0.717, 1.165) is 11.3 Å². The fourth-order valence-corrected chi connectivity index (χ4v) is 1.96. The maximum absolute atomic E-state index is 11.4. The van der Waals surface area contributed by atoms with Crippen molar-refractivity contribution in [3.8, 4) is 5.75 Å². The first-order valence-electron chi connectivity index (χ1n) is 6.13. The molecule has 0 aliphatic heterocycles. The molecule has 1 N–H and O–H groups in total. The van der Waals surface area contributed by atoms with E-state index in [2.05, 4.69) is 5.32 Å². The average Bonchev–Trinajstić information content (AvgIpc) is 2.43. The predicted molar refractivity (Wildman–Crippen MR) is 75.5 cm³/mol. The van der Waals surface area contributed by atoms with E-state index < -0.39 is 0 Å². The molecule has 1 aromatic carbocycles. The van der Waals surface area contributed by atoms with Crippen LogP contribution in [0.3, 0.4) is 0 Å². The fourth-order valence-electron chi connectivity index (χ4n) is 1.73. The number of rotatable bonds is 6. The van der Waals surface area contributed by atoms with Crippen molar-refractivity contribution in [2.75, 3.05) is 14.2 Å². The lowest BCUT2D eigenvalue weighted by molar-refractivity contribution is -0.145. The Kier molecular flexibility index (Phi) is 6.12. The summed E-state index contributed by atoms with van der Waals surface area (Å²) in [5.74, 6) is 0.280. The lowest BCUT2D eigenvalue weighted by Crippen LogP contribution is -2.36. The summed E-state index contributed by atoms with van der Waals surface area (Å²) in [6, 6.07) is 5.49. The molecule has 0 aromatic heterocycles. The van der Waals surface area contributed by atoms with Gasteiger partial charge in [0.15, 0.2) is 0 Å². The minimum Gasteiger partial charge on any atom is -0.496 e. The molecule has 0 spiro atoms. The molecule has 0 amide bonds. The largest absolute Gasteiger partial charge is 0.496 e. The van der Waals surface area contributed by atoms with E-state index in [1.165, 1.54) is 7.11 Å². The van der Waals surface area contributed by atoms with E-state index in [-0.39, 0.29) is 17.9 Å². The Labute approximate surface area is 119 Å². The number of carbonyl (C=O) groups excluding carboxylic acids is 1. The number of ether oxygens (including phenoxy) is 2. The van der Waals surface area contributed by atoms with Gasteiger partial charge in [-0.1, -0.05) is 24.6 Å². The maximum atomic E-state index is 11.4. The van der Waals surface area contributed by atoms with Crippen molar-refractivity contribution in [2.24, 2.45) is 5.92 Å². The predicted octanol–water partition coefficient (Wildman–Crippen LogP) is 2.64. The Hall–Kier alpha value is -1.26. The number of esters is 1. The molecule has 1 aromatic rings. The molecule has 0 fully saturated rings. The van der Waals surface area contributed by atoms with Gasteiger partial charge in [-0.15, -0.1) is 0 Å². The molecule has 0 aliphatic rings. The summed E-state index contributed by atoms with van der Waals surface area (Å²) in [6.45, 7) is 4.30. The van der Waals surface area contributed by atoms with Crippen molar-refractivity contribution in [3.05, 3.63) is 28.8 Å². The van der Waals surface area contributed by atoms with Gasteiger partial charge in [-0.2, -0.15) is 0 Å². The molecule has 5 heteroatoms. The lowest BCUT2D eigenvalue weighted by atomic mass is 10.0. The summed E-state index contributed by atoms with van der Waals surface area (Å²) in [4.78, 5) is 11.4. The van der Waals surface area contributed by atoms with Crippen LogP contribution in [-0.2, 0) is 16.1 Å². The van der Waals surface area contributed by atoms with Gasteiger partial charge in [0, 0.05) is 23.2 Å². The number of halogens is 1. The highest BCUT2D eigenvalue weighted by Crippen LogP contribution is 2.26. The zero-order chi connectivity index (χ0) is 14.4. The van der Waals surface area contributed by atoms with Crippen LogP contribution in [0.25, 0.3) is 0 Å². The number of benzene rings is 1. The maximum Gasteiger partial charge on any atom is 0.309 e. The van der Waals surface area contributed by atoms with Gasteiger partial charge in [0.2, 0.25) is 0 Å². The Balaban J connectivity index is 2.69. The third-order valence-corrected chi connectivity index (χ3v) is 3.57. The molecule has 2 atom stereocenters. The first-order chi connectivity index (χ1) is 9.01. The van der Waals surface area contributed by atoms with E-state index in [9.17, 15) is 4.79 Å². The van der Waals surface area contributed by atoms with Crippen molar-refractivity contribution in [2.45, 2.75) is 26.4 Å². The standard InChI is InChI=1S/C14H20ClNO3/c1-9(14(17)19-4)10(2)16-8-11-12(15)6-5-7-13(11)18-3/h5-7,9-10,16H,8H2,1-4H3. The summed E-state index contributed by atoms with van der Waals surface area (Å²) in [6.07, 6.45) is 0. The van der Waals surface area contributed by atoms with Crippen LogP contribution < -0.4 is 10.1 Å². The molecule has 19 heavy (non-hydrogen) atoms. The van der Waals surface area contributed by atoms with Crippen LogP contribution in [0.5, 0.6) is 5.75 Å². The third kappa shape index (κ3) is 4.11. The van der Waals surface area contributed by atoms with Gasteiger partial charge in [0.25, 0.3) is 0 Å². The van der Waals surface area contributed by atoms with Crippen molar-refractivity contribution in [1.82, 2.24) is 5.32 Å². The summed E-state index contributed by atoms with van der Waals surface area (Å²) in [7, 11) is 3.00. The highest BCUT2D eigenvalue weighted by Gasteiger charge is 2.21. The summed E-state index contributed by atoms with van der Waals surface area (Å²) in [5.41, 5.74) is 0.885. The topological polar surface area (TPSA) is 47.6 Å². The number of carbonyl (C=O) groups is 1. The smallest absolute Gasteiger partial charge is 0.309 e. The SMILES string of the molecule is COC(=O)C(C)C(C)NCc1c(Cl)cccc1OC. The normalized spacial score (nSPS) is 13.7. The molecule has 0 bridgehead atoms. The second kappa shape index (κ2) is 7.36.